The van der Waals surface area contributed by atoms with Gasteiger partial charge in [0.05, 0.1) is 0 Å². The monoisotopic (exact) mass is 375 g/mol. The summed E-state index contributed by atoms with van der Waals surface area (Å²) in [5.74, 6) is 0. The normalized spacial score (nSPS) is 11.1. The summed E-state index contributed by atoms with van der Waals surface area (Å²) in [5.41, 5.74) is 3.05. The third-order valence-electron chi connectivity index (χ3n) is 3.25. The van der Waals surface area contributed by atoms with Crippen molar-refractivity contribution in [3.8, 4) is 0 Å². The molecule has 23 heavy (non-hydrogen) atoms. The molecule has 3 nitrogen and oxygen atoms in total. The first kappa shape index (κ1) is 17.5. The molecule has 0 aliphatic heterocycles. The topological polar surface area (TPSA) is 38.3 Å². The predicted octanol–water partition coefficient (Wildman–Crippen LogP) is 5.06. The Hall–Kier alpha value is -1.81. The van der Waals surface area contributed by atoms with Crippen molar-refractivity contribution in [1.29, 1.82) is 0 Å². The summed E-state index contributed by atoms with van der Waals surface area (Å²) < 4.78 is 6.35. The highest BCUT2D eigenvalue weighted by Crippen LogP contribution is 2.17. The van der Waals surface area contributed by atoms with Crippen molar-refractivity contribution in [1.82, 2.24) is 5.32 Å². The van der Waals surface area contributed by atoms with Crippen molar-refractivity contribution < 1.29 is 9.53 Å². The lowest BCUT2D eigenvalue weighted by atomic mass is 10.00. The molecule has 1 N–H and O–H groups in total. The zero-order valence-corrected chi connectivity index (χ0v) is 15.3. The molecule has 0 saturated carbocycles. The summed E-state index contributed by atoms with van der Waals surface area (Å²) in [6.07, 6.45) is 0.440. The molecule has 4 heteroatoms. The van der Waals surface area contributed by atoms with Gasteiger partial charge in [0.15, 0.2) is 0 Å². The third-order valence-corrected chi connectivity index (χ3v) is 3.78. The Kier molecular flexibility index (Phi) is 5.83. The average molecular weight is 376 g/mol. The van der Waals surface area contributed by atoms with Crippen LogP contribution in [0.2, 0.25) is 0 Å². The minimum absolute atomic E-state index is 0.393. The minimum atomic E-state index is -0.485. The molecule has 0 atom stereocenters. The molecule has 122 valence electrons. The molecule has 0 saturated heterocycles. The maximum absolute atomic E-state index is 11.8. The quantitative estimate of drug-likeness (QED) is 0.810. The van der Waals surface area contributed by atoms with Gasteiger partial charge in [-0.2, -0.15) is 0 Å². The van der Waals surface area contributed by atoms with E-state index >= 15 is 0 Å². The zero-order chi connectivity index (χ0) is 16.9. The standard InChI is InChI=1S/C19H22BrNO2/c1-19(2,3)23-18(22)21-13-16-7-5-4-6-15(16)12-14-8-10-17(20)11-9-14/h4-11H,12-13H2,1-3H3,(H,21,22). The van der Waals surface area contributed by atoms with Crippen LogP contribution in [-0.4, -0.2) is 11.7 Å². The number of nitrogens with one attached hydrogen (secondary N) is 1. The van der Waals surface area contributed by atoms with Crippen molar-refractivity contribution in [2.45, 2.75) is 39.3 Å². The third kappa shape index (κ3) is 6.06. The van der Waals surface area contributed by atoms with Crippen LogP contribution < -0.4 is 5.32 Å². The number of hydrogen-bond acceptors (Lipinski definition) is 2. The molecular formula is C19H22BrNO2. The lowest BCUT2D eigenvalue weighted by Gasteiger charge is -2.20. The molecule has 0 bridgehead atoms. The Morgan fingerprint density at radius 2 is 1.65 bits per heavy atom. The first-order chi connectivity index (χ1) is 10.8. The average Bonchev–Trinajstić information content (AvgIpc) is 2.47. The van der Waals surface area contributed by atoms with E-state index in [0.29, 0.717) is 6.54 Å². The van der Waals surface area contributed by atoms with Gasteiger partial charge in [-0.1, -0.05) is 52.3 Å². The summed E-state index contributed by atoms with van der Waals surface area (Å²) in [6, 6.07) is 16.4. The summed E-state index contributed by atoms with van der Waals surface area (Å²) in [5, 5.41) is 2.82. The number of carbonyl (C=O) groups is 1. The van der Waals surface area contributed by atoms with Crippen LogP contribution in [0.5, 0.6) is 0 Å². The summed E-state index contributed by atoms with van der Waals surface area (Å²) in [6.45, 7) is 6.03. The van der Waals surface area contributed by atoms with Crippen LogP contribution >= 0.6 is 15.9 Å². The highest BCUT2D eigenvalue weighted by Gasteiger charge is 2.16. The van der Waals surface area contributed by atoms with Crippen LogP contribution in [0, 0.1) is 0 Å². The van der Waals surface area contributed by atoms with Gasteiger partial charge in [-0.3, -0.25) is 0 Å². The number of benzene rings is 2. The molecule has 2 rings (SSSR count). The van der Waals surface area contributed by atoms with Crippen LogP contribution in [0.15, 0.2) is 53.0 Å². The lowest BCUT2D eigenvalue weighted by Crippen LogP contribution is -2.32. The second-order valence-corrected chi connectivity index (χ2v) is 7.34. The number of hydrogen-bond donors (Lipinski definition) is 1. The van der Waals surface area contributed by atoms with Gasteiger partial charge in [-0.25, -0.2) is 4.79 Å². The fourth-order valence-corrected chi connectivity index (χ4v) is 2.47. The molecule has 0 unspecified atom stereocenters. The van der Waals surface area contributed by atoms with Gasteiger partial charge in [-0.15, -0.1) is 0 Å². The van der Waals surface area contributed by atoms with E-state index in [0.717, 1.165) is 16.5 Å². The van der Waals surface area contributed by atoms with E-state index in [1.165, 1.54) is 11.1 Å². The fourth-order valence-electron chi connectivity index (χ4n) is 2.21. The molecule has 0 aromatic heterocycles. The van der Waals surface area contributed by atoms with Crippen molar-refractivity contribution >= 4 is 22.0 Å². The number of alkyl carbamates (subject to hydrolysis) is 1. The van der Waals surface area contributed by atoms with Gasteiger partial charge in [0, 0.05) is 11.0 Å². The zero-order valence-electron chi connectivity index (χ0n) is 13.7. The fraction of sp³-hybridized carbons (Fsp3) is 0.316. The first-order valence-corrected chi connectivity index (χ1v) is 8.41. The SMILES string of the molecule is CC(C)(C)OC(=O)NCc1ccccc1Cc1ccc(Br)cc1. The Labute approximate surface area is 146 Å². The number of ether oxygens (including phenoxy) is 1. The maximum Gasteiger partial charge on any atom is 0.407 e. The molecule has 1 amide bonds. The van der Waals surface area contributed by atoms with Crippen molar-refractivity contribution in [3.05, 3.63) is 69.7 Å². The smallest absolute Gasteiger partial charge is 0.407 e. The number of halogens is 1. The van der Waals surface area contributed by atoms with Crippen LogP contribution in [-0.2, 0) is 17.7 Å². The largest absolute Gasteiger partial charge is 0.444 e. The predicted molar refractivity (Wildman–Crippen MR) is 96.5 cm³/mol. The van der Waals surface area contributed by atoms with Crippen molar-refractivity contribution in [3.63, 3.8) is 0 Å². The van der Waals surface area contributed by atoms with Crippen LogP contribution in [0.1, 0.15) is 37.5 Å². The molecule has 0 radical (unpaired) electrons. The highest BCUT2D eigenvalue weighted by atomic mass is 79.9. The van der Waals surface area contributed by atoms with Gasteiger partial charge < -0.3 is 10.1 Å². The van der Waals surface area contributed by atoms with Gasteiger partial charge in [0.1, 0.15) is 5.60 Å². The van der Waals surface area contributed by atoms with Crippen LogP contribution in [0.25, 0.3) is 0 Å². The van der Waals surface area contributed by atoms with Crippen LogP contribution in [0.4, 0.5) is 4.79 Å². The minimum Gasteiger partial charge on any atom is -0.444 e. The number of carbonyl (C=O) groups excluding carboxylic acids is 1. The molecular weight excluding hydrogens is 354 g/mol. The van der Waals surface area contributed by atoms with E-state index < -0.39 is 11.7 Å². The van der Waals surface area contributed by atoms with E-state index in [1.54, 1.807) is 0 Å². The molecule has 0 aliphatic carbocycles. The number of rotatable bonds is 4. The number of amides is 1. The van der Waals surface area contributed by atoms with Gasteiger partial charge in [0.25, 0.3) is 0 Å². The van der Waals surface area contributed by atoms with E-state index in [9.17, 15) is 4.79 Å². The van der Waals surface area contributed by atoms with E-state index in [-0.39, 0.29) is 0 Å². The Bertz CT molecular complexity index is 660. The van der Waals surface area contributed by atoms with E-state index in [2.05, 4.69) is 39.4 Å². The Morgan fingerprint density at radius 3 is 2.26 bits per heavy atom. The molecule has 2 aromatic carbocycles. The summed E-state index contributed by atoms with van der Waals surface area (Å²) in [7, 11) is 0. The van der Waals surface area contributed by atoms with Gasteiger partial charge in [0.2, 0.25) is 0 Å². The molecule has 0 spiro atoms. The Balaban J connectivity index is 2.03. The summed E-state index contributed by atoms with van der Waals surface area (Å²) in [4.78, 5) is 11.8. The molecule has 0 aliphatic rings. The first-order valence-electron chi connectivity index (χ1n) is 7.61. The maximum atomic E-state index is 11.8. The van der Waals surface area contributed by atoms with Gasteiger partial charge >= 0.3 is 6.09 Å². The molecule has 2 aromatic rings. The summed E-state index contributed by atoms with van der Waals surface area (Å²) >= 11 is 3.45. The molecule has 0 fully saturated rings. The second-order valence-electron chi connectivity index (χ2n) is 6.43. The second kappa shape index (κ2) is 7.64. The lowest BCUT2D eigenvalue weighted by molar-refractivity contribution is 0.0523. The van der Waals surface area contributed by atoms with Crippen LogP contribution in [0.3, 0.4) is 0 Å². The van der Waals surface area contributed by atoms with Crippen molar-refractivity contribution in [2.24, 2.45) is 0 Å². The Morgan fingerprint density at radius 1 is 1.04 bits per heavy atom. The van der Waals surface area contributed by atoms with Gasteiger partial charge in [-0.05, 0) is 56.0 Å². The van der Waals surface area contributed by atoms with Crippen molar-refractivity contribution in [2.75, 3.05) is 0 Å². The van der Waals surface area contributed by atoms with E-state index in [4.69, 9.17) is 4.74 Å². The molecule has 0 heterocycles. The van der Waals surface area contributed by atoms with E-state index in [1.807, 2.05) is 51.1 Å². The highest BCUT2D eigenvalue weighted by molar-refractivity contribution is 9.10.